The summed E-state index contributed by atoms with van der Waals surface area (Å²) in [5.41, 5.74) is 0.119. The van der Waals surface area contributed by atoms with Crippen LogP contribution in [0.1, 0.15) is 16.1 Å². The summed E-state index contributed by atoms with van der Waals surface area (Å²) in [6, 6.07) is 8.62. The van der Waals surface area contributed by atoms with Crippen LogP contribution in [0.25, 0.3) is 0 Å². The molecule has 2 aromatic rings. The molecular weight excluding hydrogens is 260 g/mol. The Hall–Kier alpha value is -1.39. The lowest BCUT2D eigenvalue weighted by atomic mass is 10.2. The molecule has 0 saturated heterocycles. The molecule has 17 heavy (non-hydrogen) atoms. The number of halogens is 1. The average Bonchev–Trinajstić information content (AvgIpc) is 2.78. The van der Waals surface area contributed by atoms with Crippen molar-refractivity contribution in [3.63, 3.8) is 0 Å². The van der Waals surface area contributed by atoms with Crippen molar-refractivity contribution >= 4 is 29.3 Å². The van der Waals surface area contributed by atoms with Crippen molar-refractivity contribution in [2.24, 2.45) is 0 Å². The Bertz CT molecular complexity index is 523. The van der Waals surface area contributed by atoms with Crippen molar-refractivity contribution in [1.29, 1.82) is 0 Å². The van der Waals surface area contributed by atoms with E-state index in [-0.39, 0.29) is 10.6 Å². The summed E-state index contributed by atoms with van der Waals surface area (Å²) in [7, 11) is 0. The maximum atomic E-state index is 10.8. The number of hydrogen-bond acceptors (Lipinski definition) is 3. The van der Waals surface area contributed by atoms with E-state index < -0.39 is 5.97 Å². The van der Waals surface area contributed by atoms with E-state index in [9.17, 15) is 4.79 Å². The highest BCUT2D eigenvalue weighted by Crippen LogP contribution is 2.27. The maximum absolute atomic E-state index is 10.8. The molecule has 0 spiro atoms. The first-order chi connectivity index (χ1) is 8.16. The average molecular weight is 269 g/mol. The highest BCUT2D eigenvalue weighted by Gasteiger charge is 2.09. The Morgan fingerprint density at radius 2 is 2.24 bits per heavy atom. The van der Waals surface area contributed by atoms with Crippen LogP contribution in [0.15, 0.2) is 45.9 Å². The number of furan rings is 1. The van der Waals surface area contributed by atoms with Gasteiger partial charge in [-0.3, -0.25) is 0 Å². The second kappa shape index (κ2) is 5.29. The van der Waals surface area contributed by atoms with Gasteiger partial charge in [0, 0.05) is 4.90 Å². The van der Waals surface area contributed by atoms with Crippen LogP contribution in [0.5, 0.6) is 0 Å². The second-order valence-corrected chi connectivity index (χ2v) is 4.77. The van der Waals surface area contributed by atoms with Gasteiger partial charge in [-0.15, -0.1) is 11.8 Å². The molecule has 0 unspecified atom stereocenters. The molecule has 0 aliphatic carbocycles. The Morgan fingerprint density at radius 1 is 1.41 bits per heavy atom. The number of thioether (sulfide) groups is 1. The topological polar surface area (TPSA) is 50.4 Å². The van der Waals surface area contributed by atoms with Gasteiger partial charge in [0.05, 0.1) is 22.6 Å². The summed E-state index contributed by atoms with van der Waals surface area (Å²) in [6.45, 7) is 0. The summed E-state index contributed by atoms with van der Waals surface area (Å²) in [5, 5.41) is 9.08. The van der Waals surface area contributed by atoms with E-state index in [1.54, 1.807) is 30.2 Å². The molecule has 5 heteroatoms. The second-order valence-electron chi connectivity index (χ2n) is 3.31. The van der Waals surface area contributed by atoms with Crippen molar-refractivity contribution in [2.45, 2.75) is 10.6 Å². The first-order valence-electron chi connectivity index (χ1n) is 4.85. The SMILES string of the molecule is O=C(O)c1ccc(SCc2ccco2)cc1Cl. The van der Waals surface area contributed by atoms with E-state index in [2.05, 4.69) is 0 Å². The maximum Gasteiger partial charge on any atom is 0.337 e. The lowest BCUT2D eigenvalue weighted by molar-refractivity contribution is 0.0697. The molecule has 0 amide bonds. The van der Waals surface area contributed by atoms with Crippen LogP contribution < -0.4 is 0 Å². The summed E-state index contributed by atoms with van der Waals surface area (Å²) in [4.78, 5) is 11.7. The van der Waals surface area contributed by atoms with Gasteiger partial charge in [-0.05, 0) is 30.3 Å². The third kappa shape index (κ3) is 3.05. The number of carboxylic acids is 1. The van der Waals surface area contributed by atoms with Gasteiger partial charge in [0.2, 0.25) is 0 Å². The first-order valence-corrected chi connectivity index (χ1v) is 6.21. The molecule has 88 valence electrons. The molecule has 0 fully saturated rings. The molecule has 3 nitrogen and oxygen atoms in total. The van der Waals surface area contributed by atoms with Crippen molar-refractivity contribution in [2.75, 3.05) is 0 Å². The van der Waals surface area contributed by atoms with E-state index in [0.717, 1.165) is 10.7 Å². The van der Waals surface area contributed by atoms with Gasteiger partial charge in [0.1, 0.15) is 5.76 Å². The molecule has 1 N–H and O–H groups in total. The normalized spacial score (nSPS) is 10.4. The van der Waals surface area contributed by atoms with Crippen LogP contribution in [-0.2, 0) is 5.75 Å². The number of rotatable bonds is 4. The Kier molecular flexibility index (Phi) is 3.76. The molecule has 1 heterocycles. The van der Waals surface area contributed by atoms with Crippen LogP contribution in [0.4, 0.5) is 0 Å². The standard InChI is InChI=1S/C12H9ClO3S/c13-11-6-9(3-4-10(11)12(14)15)17-7-8-2-1-5-16-8/h1-6H,7H2,(H,14,15). The van der Waals surface area contributed by atoms with Gasteiger partial charge in [-0.1, -0.05) is 11.6 Å². The van der Waals surface area contributed by atoms with Crippen molar-refractivity contribution in [3.05, 3.63) is 52.9 Å². The van der Waals surface area contributed by atoms with Crippen LogP contribution in [0.2, 0.25) is 5.02 Å². The van der Waals surface area contributed by atoms with Crippen molar-refractivity contribution in [1.82, 2.24) is 0 Å². The lowest BCUT2D eigenvalue weighted by Crippen LogP contribution is -1.96. The Labute approximate surface area is 107 Å². The fourth-order valence-electron chi connectivity index (χ4n) is 1.31. The zero-order chi connectivity index (χ0) is 12.3. The van der Waals surface area contributed by atoms with E-state index >= 15 is 0 Å². The third-order valence-corrected chi connectivity index (χ3v) is 3.46. The predicted molar refractivity (Wildman–Crippen MR) is 66.7 cm³/mol. The molecule has 1 aromatic carbocycles. The number of hydrogen-bond donors (Lipinski definition) is 1. The van der Waals surface area contributed by atoms with Crippen LogP contribution >= 0.6 is 23.4 Å². The third-order valence-electron chi connectivity index (χ3n) is 2.13. The van der Waals surface area contributed by atoms with Crippen molar-refractivity contribution < 1.29 is 14.3 Å². The Balaban J connectivity index is 2.07. The molecule has 0 bridgehead atoms. The minimum Gasteiger partial charge on any atom is -0.478 e. The van der Waals surface area contributed by atoms with Gasteiger partial charge in [-0.2, -0.15) is 0 Å². The minimum absolute atomic E-state index is 0.119. The number of carbonyl (C=O) groups is 1. The Morgan fingerprint density at radius 3 is 2.82 bits per heavy atom. The molecule has 0 saturated carbocycles. The van der Waals surface area contributed by atoms with Gasteiger partial charge < -0.3 is 9.52 Å². The number of carboxylic acid groups (broad SMARTS) is 1. The molecule has 0 aliphatic heterocycles. The molecule has 2 rings (SSSR count). The highest BCUT2D eigenvalue weighted by molar-refractivity contribution is 7.98. The minimum atomic E-state index is -1.02. The smallest absolute Gasteiger partial charge is 0.337 e. The zero-order valence-corrected chi connectivity index (χ0v) is 10.3. The summed E-state index contributed by atoms with van der Waals surface area (Å²) in [6.07, 6.45) is 1.62. The molecule has 0 radical (unpaired) electrons. The first kappa shape index (κ1) is 12.1. The van der Waals surface area contributed by atoms with Gasteiger partial charge >= 0.3 is 5.97 Å². The van der Waals surface area contributed by atoms with E-state index in [1.807, 2.05) is 12.1 Å². The lowest BCUT2D eigenvalue weighted by Gasteiger charge is -2.03. The largest absolute Gasteiger partial charge is 0.478 e. The number of aromatic carboxylic acids is 1. The van der Waals surface area contributed by atoms with E-state index in [4.69, 9.17) is 21.1 Å². The van der Waals surface area contributed by atoms with Gasteiger partial charge in [-0.25, -0.2) is 4.79 Å². The van der Waals surface area contributed by atoms with Gasteiger partial charge in [0.15, 0.2) is 0 Å². The zero-order valence-electron chi connectivity index (χ0n) is 8.72. The van der Waals surface area contributed by atoms with E-state index in [1.165, 1.54) is 6.07 Å². The molecule has 0 aliphatic rings. The fraction of sp³-hybridized carbons (Fsp3) is 0.0833. The summed E-state index contributed by atoms with van der Waals surface area (Å²) in [5.74, 6) is 0.543. The van der Waals surface area contributed by atoms with Crippen LogP contribution in [0, 0.1) is 0 Å². The van der Waals surface area contributed by atoms with Crippen LogP contribution in [-0.4, -0.2) is 11.1 Å². The molecular formula is C12H9ClO3S. The highest BCUT2D eigenvalue weighted by atomic mass is 35.5. The van der Waals surface area contributed by atoms with Gasteiger partial charge in [0.25, 0.3) is 0 Å². The van der Waals surface area contributed by atoms with E-state index in [0.29, 0.717) is 5.75 Å². The molecule has 0 atom stereocenters. The molecule has 1 aromatic heterocycles. The predicted octanol–water partition coefficient (Wildman–Crippen LogP) is 3.92. The quantitative estimate of drug-likeness (QED) is 0.854. The summed E-state index contributed by atoms with van der Waals surface area (Å²) < 4.78 is 5.20. The van der Waals surface area contributed by atoms with Crippen molar-refractivity contribution in [3.8, 4) is 0 Å². The monoisotopic (exact) mass is 268 g/mol. The van der Waals surface area contributed by atoms with Crippen LogP contribution in [0.3, 0.4) is 0 Å². The summed E-state index contributed by atoms with van der Waals surface area (Å²) >= 11 is 7.41. The fourth-order valence-corrected chi connectivity index (χ4v) is 2.47. The number of benzene rings is 1.